The molecule has 4 heteroatoms. The number of carbonyl (C=O) groups is 1. The van der Waals surface area contributed by atoms with Gasteiger partial charge in [0.2, 0.25) is 0 Å². The van der Waals surface area contributed by atoms with Gasteiger partial charge in [0.15, 0.2) is 5.78 Å². The van der Waals surface area contributed by atoms with Crippen molar-refractivity contribution in [2.45, 2.75) is 12.8 Å². The maximum atomic E-state index is 12.0. The molecule has 0 amide bonds. The number of aromatic nitrogens is 1. The highest BCUT2D eigenvalue weighted by Gasteiger charge is 2.19. The van der Waals surface area contributed by atoms with Crippen molar-refractivity contribution in [3.8, 4) is 0 Å². The van der Waals surface area contributed by atoms with Crippen molar-refractivity contribution in [3.63, 3.8) is 0 Å². The molecule has 0 unspecified atom stereocenters. The SMILES string of the molecule is O=C1CC(COCCc2ccccc2)=Nc2ccncc21. The molecular formula is C17H16N2O2. The molecule has 3 rings (SSSR count). The van der Waals surface area contributed by atoms with Crippen LogP contribution in [0.4, 0.5) is 5.69 Å². The highest BCUT2D eigenvalue weighted by Crippen LogP contribution is 2.24. The minimum atomic E-state index is 0.0646. The van der Waals surface area contributed by atoms with E-state index < -0.39 is 0 Å². The van der Waals surface area contributed by atoms with E-state index in [-0.39, 0.29) is 5.78 Å². The molecule has 1 aliphatic heterocycles. The van der Waals surface area contributed by atoms with E-state index in [1.165, 1.54) is 5.56 Å². The minimum absolute atomic E-state index is 0.0646. The third-order valence-electron chi connectivity index (χ3n) is 3.39. The Balaban J connectivity index is 1.55. The van der Waals surface area contributed by atoms with Crippen LogP contribution in [0.25, 0.3) is 0 Å². The van der Waals surface area contributed by atoms with Crippen molar-refractivity contribution in [3.05, 3.63) is 59.9 Å². The number of hydrogen-bond donors (Lipinski definition) is 0. The standard InChI is InChI=1S/C17H16N2O2/c20-17-10-14(19-16-6-8-18-11-15(16)17)12-21-9-7-13-4-2-1-3-5-13/h1-6,8,11H,7,9-10,12H2. The van der Waals surface area contributed by atoms with E-state index in [1.807, 2.05) is 18.2 Å². The Morgan fingerprint density at radius 2 is 2.00 bits per heavy atom. The van der Waals surface area contributed by atoms with E-state index in [0.29, 0.717) is 30.9 Å². The van der Waals surface area contributed by atoms with Gasteiger partial charge in [0, 0.05) is 12.4 Å². The Hall–Kier alpha value is -2.33. The number of carbonyl (C=O) groups excluding carboxylic acids is 1. The second-order valence-corrected chi connectivity index (χ2v) is 4.96. The van der Waals surface area contributed by atoms with Gasteiger partial charge in [0.25, 0.3) is 0 Å². The molecule has 21 heavy (non-hydrogen) atoms. The Kier molecular flexibility index (Phi) is 4.17. The van der Waals surface area contributed by atoms with Crippen molar-refractivity contribution in [2.24, 2.45) is 4.99 Å². The summed E-state index contributed by atoms with van der Waals surface area (Å²) in [7, 11) is 0. The number of Topliss-reactive ketones (excluding diaryl/α,β-unsaturated/α-hetero) is 1. The van der Waals surface area contributed by atoms with Gasteiger partial charge in [-0.3, -0.25) is 14.8 Å². The quantitative estimate of drug-likeness (QED) is 0.791. The van der Waals surface area contributed by atoms with Gasteiger partial charge in [-0.2, -0.15) is 0 Å². The second kappa shape index (κ2) is 6.41. The molecule has 1 aliphatic rings. The summed E-state index contributed by atoms with van der Waals surface area (Å²) in [6.07, 6.45) is 4.41. The van der Waals surface area contributed by atoms with Gasteiger partial charge in [-0.1, -0.05) is 30.3 Å². The average molecular weight is 280 g/mol. The highest BCUT2D eigenvalue weighted by molar-refractivity contribution is 6.15. The van der Waals surface area contributed by atoms with E-state index in [4.69, 9.17) is 4.74 Å². The first kappa shape index (κ1) is 13.6. The molecule has 1 aromatic carbocycles. The number of fused-ring (bicyclic) bond motifs is 1. The van der Waals surface area contributed by atoms with Crippen LogP contribution in [0, 0.1) is 0 Å². The molecule has 4 nitrogen and oxygen atoms in total. The lowest BCUT2D eigenvalue weighted by molar-refractivity contribution is 0.0994. The van der Waals surface area contributed by atoms with E-state index in [0.717, 1.165) is 12.1 Å². The zero-order valence-electron chi connectivity index (χ0n) is 11.7. The fraction of sp³-hybridized carbons (Fsp3) is 0.235. The number of aliphatic imine (C=N–C) groups is 1. The zero-order valence-corrected chi connectivity index (χ0v) is 11.7. The van der Waals surface area contributed by atoms with Gasteiger partial charge < -0.3 is 4.74 Å². The van der Waals surface area contributed by atoms with Gasteiger partial charge in [0.05, 0.1) is 36.6 Å². The molecule has 0 bridgehead atoms. The fourth-order valence-electron chi connectivity index (χ4n) is 2.30. The van der Waals surface area contributed by atoms with Crippen molar-refractivity contribution >= 4 is 17.2 Å². The molecule has 0 saturated heterocycles. The molecular weight excluding hydrogens is 264 g/mol. The van der Waals surface area contributed by atoms with Crippen molar-refractivity contribution in [1.82, 2.24) is 4.98 Å². The molecule has 0 fully saturated rings. The summed E-state index contributed by atoms with van der Waals surface area (Å²) >= 11 is 0. The third-order valence-corrected chi connectivity index (χ3v) is 3.39. The molecule has 0 radical (unpaired) electrons. The minimum Gasteiger partial charge on any atom is -0.375 e. The first-order valence-corrected chi connectivity index (χ1v) is 6.98. The second-order valence-electron chi connectivity index (χ2n) is 4.96. The smallest absolute Gasteiger partial charge is 0.172 e. The van der Waals surface area contributed by atoms with Crippen LogP contribution in [0.15, 0.2) is 53.8 Å². The predicted molar refractivity (Wildman–Crippen MR) is 81.2 cm³/mol. The largest absolute Gasteiger partial charge is 0.375 e. The number of rotatable bonds is 5. The summed E-state index contributed by atoms with van der Waals surface area (Å²) in [5.74, 6) is 0.0646. The summed E-state index contributed by atoms with van der Waals surface area (Å²) in [6.45, 7) is 1.03. The Bertz CT molecular complexity index is 666. The van der Waals surface area contributed by atoms with Gasteiger partial charge >= 0.3 is 0 Å². The maximum absolute atomic E-state index is 12.0. The van der Waals surface area contributed by atoms with Gasteiger partial charge in [-0.15, -0.1) is 0 Å². The van der Waals surface area contributed by atoms with Gasteiger partial charge in [-0.05, 0) is 18.1 Å². The van der Waals surface area contributed by atoms with Crippen molar-refractivity contribution < 1.29 is 9.53 Å². The summed E-state index contributed by atoms with van der Waals surface area (Å²) in [4.78, 5) is 20.4. The van der Waals surface area contributed by atoms with E-state index in [2.05, 4.69) is 22.1 Å². The van der Waals surface area contributed by atoms with Crippen LogP contribution in [0.2, 0.25) is 0 Å². The van der Waals surface area contributed by atoms with Crippen LogP contribution in [-0.2, 0) is 11.2 Å². The van der Waals surface area contributed by atoms with E-state index in [1.54, 1.807) is 18.5 Å². The Morgan fingerprint density at radius 1 is 1.14 bits per heavy atom. The van der Waals surface area contributed by atoms with E-state index in [9.17, 15) is 4.79 Å². The van der Waals surface area contributed by atoms with Gasteiger partial charge in [0.1, 0.15) is 0 Å². The number of ketones is 1. The van der Waals surface area contributed by atoms with Crippen molar-refractivity contribution in [1.29, 1.82) is 0 Å². The molecule has 0 atom stereocenters. The summed E-state index contributed by atoms with van der Waals surface area (Å²) in [6, 6.07) is 12.0. The summed E-state index contributed by atoms with van der Waals surface area (Å²) in [5.41, 5.74) is 3.33. The highest BCUT2D eigenvalue weighted by atomic mass is 16.5. The maximum Gasteiger partial charge on any atom is 0.172 e. The van der Waals surface area contributed by atoms with Crippen LogP contribution in [0.5, 0.6) is 0 Å². The topological polar surface area (TPSA) is 51.5 Å². The molecule has 2 aromatic rings. The van der Waals surface area contributed by atoms with Crippen LogP contribution in [0.3, 0.4) is 0 Å². The predicted octanol–water partition coefficient (Wildman–Crippen LogP) is 3.00. The fourth-order valence-corrected chi connectivity index (χ4v) is 2.30. The van der Waals surface area contributed by atoms with Crippen LogP contribution >= 0.6 is 0 Å². The molecule has 106 valence electrons. The Morgan fingerprint density at radius 3 is 2.86 bits per heavy atom. The van der Waals surface area contributed by atoms with Crippen LogP contribution in [-0.4, -0.2) is 29.7 Å². The molecule has 0 saturated carbocycles. The van der Waals surface area contributed by atoms with Crippen LogP contribution < -0.4 is 0 Å². The lowest BCUT2D eigenvalue weighted by Crippen LogP contribution is -2.19. The molecule has 0 N–H and O–H groups in total. The zero-order chi connectivity index (χ0) is 14.5. The third kappa shape index (κ3) is 3.41. The summed E-state index contributed by atoms with van der Waals surface area (Å²) < 4.78 is 5.64. The lowest BCUT2D eigenvalue weighted by Gasteiger charge is -2.14. The lowest BCUT2D eigenvalue weighted by atomic mass is 10.0. The Labute approximate surface area is 123 Å². The summed E-state index contributed by atoms with van der Waals surface area (Å²) in [5, 5.41) is 0. The number of pyridine rings is 1. The first-order valence-electron chi connectivity index (χ1n) is 6.98. The number of nitrogens with zero attached hydrogens (tertiary/aromatic N) is 2. The molecule has 0 aliphatic carbocycles. The van der Waals surface area contributed by atoms with E-state index >= 15 is 0 Å². The number of ether oxygens (including phenoxy) is 1. The molecule has 1 aromatic heterocycles. The normalized spacial score (nSPS) is 13.7. The molecule has 0 spiro atoms. The monoisotopic (exact) mass is 280 g/mol. The number of benzene rings is 1. The number of hydrogen-bond acceptors (Lipinski definition) is 4. The van der Waals surface area contributed by atoms with Crippen LogP contribution in [0.1, 0.15) is 22.3 Å². The van der Waals surface area contributed by atoms with Crippen molar-refractivity contribution in [2.75, 3.05) is 13.2 Å². The first-order chi connectivity index (χ1) is 10.3. The van der Waals surface area contributed by atoms with Gasteiger partial charge in [-0.25, -0.2) is 0 Å². The average Bonchev–Trinajstić information content (AvgIpc) is 2.53. The molecule has 2 heterocycles.